The second-order valence-electron chi connectivity index (χ2n) is 9.15. The van der Waals surface area contributed by atoms with Crippen molar-refractivity contribution >= 4 is 38.3 Å². The van der Waals surface area contributed by atoms with Gasteiger partial charge in [0, 0.05) is 50.9 Å². The van der Waals surface area contributed by atoms with Crippen LogP contribution >= 0.6 is 0 Å². The zero-order chi connectivity index (χ0) is 25.6. The van der Waals surface area contributed by atoms with E-state index in [2.05, 4.69) is 24.8 Å². The molecule has 0 spiro atoms. The summed E-state index contributed by atoms with van der Waals surface area (Å²) in [5, 5.41) is 7.67. The van der Waals surface area contributed by atoms with Crippen LogP contribution in [0.1, 0.15) is 24.2 Å². The van der Waals surface area contributed by atoms with Gasteiger partial charge in [0.1, 0.15) is 11.5 Å². The van der Waals surface area contributed by atoms with Crippen LogP contribution in [0, 0.1) is 5.92 Å². The minimum atomic E-state index is -2.79. The second kappa shape index (κ2) is 9.20. The lowest BCUT2D eigenvalue weighted by atomic mass is 10.1. The fourth-order valence-corrected chi connectivity index (χ4v) is 5.27. The van der Waals surface area contributed by atoms with E-state index in [1.54, 1.807) is 29.1 Å². The number of fused-ring (bicyclic) bond motifs is 1. The molecule has 1 aliphatic carbocycles. The molecule has 1 fully saturated rings. The zero-order valence-corrected chi connectivity index (χ0v) is 21.0. The third-order valence-electron chi connectivity index (χ3n) is 6.38. The van der Waals surface area contributed by atoms with Gasteiger partial charge in [-0.05, 0) is 37.1 Å². The Bertz CT molecular complexity index is 1520. The van der Waals surface area contributed by atoms with Crippen LogP contribution < -0.4 is 5.32 Å². The molecule has 1 aromatic carbocycles. The lowest BCUT2D eigenvalue weighted by Crippen LogP contribution is -2.11. The highest BCUT2D eigenvalue weighted by molar-refractivity contribution is 7.93. The molecule has 1 aliphatic heterocycles. The highest BCUT2D eigenvalue weighted by atomic mass is 32.2. The Morgan fingerprint density at radius 1 is 1.25 bits per heavy atom. The first kappa shape index (κ1) is 24.2. The summed E-state index contributed by atoms with van der Waals surface area (Å²) in [6, 6.07) is 8.90. The quantitative estimate of drug-likeness (QED) is 0.470. The van der Waals surface area contributed by atoms with Crippen molar-refractivity contribution in [1.29, 1.82) is 0 Å². The predicted molar refractivity (Wildman–Crippen MR) is 135 cm³/mol. The molecule has 188 valence electrons. The molecule has 1 unspecified atom stereocenters. The summed E-state index contributed by atoms with van der Waals surface area (Å²) in [6.45, 7) is 0. The number of pyridine rings is 1. The Balaban J connectivity index is 1.59. The molecule has 1 atom stereocenters. The summed E-state index contributed by atoms with van der Waals surface area (Å²) in [5.41, 5.74) is 3.37. The predicted octanol–water partition coefficient (Wildman–Crippen LogP) is 4.73. The minimum Gasteiger partial charge on any atom is -0.353 e. The molecule has 3 aromatic rings. The van der Waals surface area contributed by atoms with Gasteiger partial charge in [0.25, 0.3) is 6.43 Å². The molecule has 0 amide bonds. The molecule has 0 saturated heterocycles. The summed E-state index contributed by atoms with van der Waals surface area (Å²) < 4.78 is 46.1. The SMILES string of the molecule is CN=S(C)(=O)c1cc(-c2ccn(C)n2)ccc1Nc1cc(CC(=O)C2CC2)nc2c1N=C(C(F)F)C2. The number of rotatable bonds is 8. The molecule has 1 saturated carbocycles. The first-order valence-electron chi connectivity index (χ1n) is 11.6. The Morgan fingerprint density at radius 2 is 2.03 bits per heavy atom. The largest absolute Gasteiger partial charge is 0.353 e. The summed E-state index contributed by atoms with van der Waals surface area (Å²) in [7, 11) is 0.514. The molecule has 0 bridgehead atoms. The number of carbonyl (C=O) groups excluding carboxylic acids is 1. The monoisotopic (exact) mass is 512 g/mol. The van der Waals surface area contributed by atoms with E-state index in [0.29, 0.717) is 39.0 Å². The van der Waals surface area contributed by atoms with E-state index >= 15 is 0 Å². The number of anilines is 2. The lowest BCUT2D eigenvalue weighted by Gasteiger charge is -2.17. The minimum absolute atomic E-state index is 0.0611. The first-order chi connectivity index (χ1) is 17.1. The number of benzene rings is 1. The van der Waals surface area contributed by atoms with Gasteiger partial charge in [0.15, 0.2) is 0 Å². The van der Waals surface area contributed by atoms with E-state index in [1.165, 1.54) is 7.05 Å². The third-order valence-corrected chi connectivity index (χ3v) is 8.23. The van der Waals surface area contributed by atoms with Crippen LogP contribution in [0.25, 0.3) is 11.3 Å². The number of aliphatic imine (C=N–C) groups is 1. The van der Waals surface area contributed by atoms with Gasteiger partial charge in [0.2, 0.25) is 0 Å². The number of alkyl halides is 2. The maximum Gasteiger partial charge on any atom is 0.277 e. The van der Waals surface area contributed by atoms with Crippen LogP contribution in [0.2, 0.25) is 0 Å². The van der Waals surface area contributed by atoms with Gasteiger partial charge in [-0.1, -0.05) is 6.07 Å². The van der Waals surface area contributed by atoms with Gasteiger partial charge in [-0.15, -0.1) is 0 Å². The van der Waals surface area contributed by atoms with Gasteiger partial charge in [-0.25, -0.2) is 22.3 Å². The normalized spacial score (nSPS) is 16.4. The van der Waals surface area contributed by atoms with Crippen LogP contribution in [0.3, 0.4) is 0 Å². The summed E-state index contributed by atoms with van der Waals surface area (Å²) in [4.78, 5) is 21.5. The number of aromatic nitrogens is 3. The van der Waals surface area contributed by atoms with Gasteiger partial charge < -0.3 is 5.32 Å². The number of nitrogens with zero attached hydrogens (tertiary/aromatic N) is 5. The van der Waals surface area contributed by atoms with E-state index in [9.17, 15) is 17.8 Å². The van der Waals surface area contributed by atoms with E-state index in [1.807, 2.05) is 25.4 Å². The number of carbonyl (C=O) groups is 1. The van der Waals surface area contributed by atoms with Crippen LogP contribution in [-0.2, 0) is 34.4 Å². The lowest BCUT2D eigenvalue weighted by molar-refractivity contribution is -0.119. The molecule has 11 heteroatoms. The van der Waals surface area contributed by atoms with Crippen molar-refractivity contribution in [2.45, 2.75) is 37.0 Å². The van der Waals surface area contributed by atoms with Crippen LogP contribution in [-0.4, -0.2) is 50.2 Å². The average Bonchev–Trinajstić information content (AvgIpc) is 3.46. The van der Waals surface area contributed by atoms with Crippen LogP contribution in [0.4, 0.5) is 25.8 Å². The molecule has 1 N–H and O–H groups in total. The van der Waals surface area contributed by atoms with Crippen molar-refractivity contribution in [3.05, 3.63) is 47.9 Å². The zero-order valence-electron chi connectivity index (χ0n) is 20.2. The molecule has 2 aliphatic rings. The summed E-state index contributed by atoms with van der Waals surface area (Å²) in [6.07, 6.45) is 2.47. The Kier molecular flexibility index (Phi) is 6.19. The van der Waals surface area contributed by atoms with E-state index < -0.39 is 16.2 Å². The van der Waals surface area contributed by atoms with E-state index in [0.717, 1.165) is 18.4 Å². The number of halogens is 2. The molecular weight excluding hydrogens is 486 g/mol. The highest BCUT2D eigenvalue weighted by Crippen LogP contribution is 2.40. The number of hydrogen-bond donors (Lipinski definition) is 1. The van der Waals surface area contributed by atoms with Crippen LogP contribution in [0.15, 0.2) is 50.8 Å². The number of Topliss-reactive ketones (excluding diaryl/α,β-unsaturated/α-hetero) is 1. The maximum atomic E-state index is 13.5. The smallest absolute Gasteiger partial charge is 0.277 e. The van der Waals surface area contributed by atoms with Crippen molar-refractivity contribution in [1.82, 2.24) is 14.8 Å². The molecule has 8 nitrogen and oxygen atoms in total. The molecule has 36 heavy (non-hydrogen) atoms. The van der Waals surface area contributed by atoms with Crippen molar-refractivity contribution in [3.63, 3.8) is 0 Å². The Morgan fingerprint density at radius 3 is 2.67 bits per heavy atom. The number of hydrogen-bond acceptors (Lipinski definition) is 7. The standard InChI is InChI=1S/C25H26F2N6O2S/c1-28-36(3,35)23-10-15(17-8-9-33(2)32-17)6-7-18(23)30-19-11-16(12-22(34)14-4-5-14)29-20-13-21(25(26)27)31-24(19)20/h6-11,14,25H,4-5,12-13H2,1-3H3,(H,29,30). The molecule has 3 heterocycles. The first-order valence-corrected chi connectivity index (χ1v) is 13.5. The van der Waals surface area contributed by atoms with Crippen molar-refractivity contribution in [2.24, 2.45) is 22.3 Å². The molecule has 0 radical (unpaired) electrons. The molecular formula is C25H26F2N6O2S. The molecule has 5 rings (SSSR count). The summed E-state index contributed by atoms with van der Waals surface area (Å²) >= 11 is 0. The van der Waals surface area contributed by atoms with Gasteiger partial charge in [-0.3, -0.25) is 14.5 Å². The maximum absolute atomic E-state index is 13.5. The van der Waals surface area contributed by atoms with Crippen LogP contribution in [0.5, 0.6) is 0 Å². The van der Waals surface area contributed by atoms with Gasteiger partial charge in [0.05, 0.1) is 48.8 Å². The van der Waals surface area contributed by atoms with E-state index in [-0.39, 0.29) is 30.3 Å². The van der Waals surface area contributed by atoms with Crippen molar-refractivity contribution in [3.8, 4) is 11.3 Å². The summed E-state index contributed by atoms with van der Waals surface area (Å²) in [5.74, 6) is 0.161. The van der Waals surface area contributed by atoms with Crippen molar-refractivity contribution in [2.75, 3.05) is 18.6 Å². The van der Waals surface area contributed by atoms with E-state index in [4.69, 9.17) is 0 Å². The second-order valence-corrected chi connectivity index (χ2v) is 11.6. The Labute approximate surface area is 208 Å². The number of aryl methyl sites for hydroxylation is 1. The topological polar surface area (TPSA) is 102 Å². The van der Waals surface area contributed by atoms with Crippen molar-refractivity contribution < 1.29 is 17.8 Å². The average molecular weight is 513 g/mol. The fraction of sp³-hybridized carbons (Fsp3) is 0.360. The highest BCUT2D eigenvalue weighted by Gasteiger charge is 2.31. The Hall–Kier alpha value is -3.47. The third kappa shape index (κ3) is 4.79. The number of ketones is 1. The fourth-order valence-electron chi connectivity index (χ4n) is 4.20. The van der Waals surface area contributed by atoms with Gasteiger partial charge >= 0.3 is 0 Å². The number of nitrogens with one attached hydrogen (secondary N) is 1. The molecule has 2 aromatic heterocycles. The van der Waals surface area contributed by atoms with Gasteiger partial charge in [-0.2, -0.15) is 5.10 Å².